The highest BCUT2D eigenvalue weighted by molar-refractivity contribution is 5.95. The average molecular weight is 280 g/mol. The van der Waals surface area contributed by atoms with Gasteiger partial charge in [-0.1, -0.05) is 18.2 Å². The highest BCUT2D eigenvalue weighted by atomic mass is 19.1. The van der Waals surface area contributed by atoms with E-state index in [1.165, 1.54) is 19.1 Å². The van der Waals surface area contributed by atoms with Gasteiger partial charge in [0.05, 0.1) is 11.9 Å². The van der Waals surface area contributed by atoms with Crippen LogP contribution in [0.25, 0.3) is 16.8 Å². The van der Waals surface area contributed by atoms with E-state index in [0.29, 0.717) is 16.7 Å². The predicted octanol–water partition coefficient (Wildman–Crippen LogP) is 3.88. The van der Waals surface area contributed by atoms with E-state index >= 15 is 0 Å². The van der Waals surface area contributed by atoms with Crippen LogP contribution in [0.4, 0.5) is 4.39 Å². The van der Waals surface area contributed by atoms with Crippen LogP contribution in [0.2, 0.25) is 0 Å². The Balaban J connectivity index is 2.04. The van der Waals surface area contributed by atoms with Crippen LogP contribution in [0.3, 0.4) is 0 Å². The molecule has 0 aliphatic heterocycles. The van der Waals surface area contributed by atoms with Gasteiger partial charge in [0.15, 0.2) is 5.78 Å². The first-order chi connectivity index (χ1) is 10.1. The third-order valence-corrected chi connectivity index (χ3v) is 3.29. The topological polar surface area (TPSA) is 34.9 Å². The summed E-state index contributed by atoms with van der Waals surface area (Å²) in [6, 6.07) is 13.9. The first kappa shape index (κ1) is 13.2. The van der Waals surface area contributed by atoms with Crippen LogP contribution in [0.1, 0.15) is 17.3 Å². The van der Waals surface area contributed by atoms with Gasteiger partial charge in [0.2, 0.25) is 0 Å². The molecule has 0 atom stereocenters. The maximum Gasteiger partial charge on any atom is 0.159 e. The zero-order chi connectivity index (χ0) is 14.8. The maximum absolute atomic E-state index is 14.0. The van der Waals surface area contributed by atoms with Gasteiger partial charge in [-0.25, -0.2) is 9.07 Å². The fourth-order valence-electron chi connectivity index (χ4n) is 2.15. The Labute approximate surface area is 121 Å². The summed E-state index contributed by atoms with van der Waals surface area (Å²) in [7, 11) is 0. The van der Waals surface area contributed by atoms with Crippen molar-refractivity contribution in [1.29, 1.82) is 0 Å². The number of hydrogen-bond acceptors (Lipinski definition) is 2. The Morgan fingerprint density at radius 2 is 1.90 bits per heavy atom. The van der Waals surface area contributed by atoms with Crippen molar-refractivity contribution in [2.75, 3.05) is 0 Å². The lowest BCUT2D eigenvalue weighted by atomic mass is 10.0. The van der Waals surface area contributed by atoms with Crippen molar-refractivity contribution >= 4 is 5.78 Å². The van der Waals surface area contributed by atoms with Crippen molar-refractivity contribution < 1.29 is 9.18 Å². The molecule has 0 amide bonds. The van der Waals surface area contributed by atoms with Crippen molar-refractivity contribution in [2.24, 2.45) is 0 Å². The molecule has 0 N–H and O–H groups in total. The van der Waals surface area contributed by atoms with Crippen LogP contribution in [0.5, 0.6) is 0 Å². The minimum absolute atomic E-state index is 0.0910. The van der Waals surface area contributed by atoms with Crippen molar-refractivity contribution in [3.8, 4) is 16.8 Å². The highest BCUT2D eigenvalue weighted by Gasteiger charge is 2.11. The quantitative estimate of drug-likeness (QED) is 0.682. The summed E-state index contributed by atoms with van der Waals surface area (Å²) in [6.45, 7) is 1.46. The van der Waals surface area contributed by atoms with Gasteiger partial charge >= 0.3 is 0 Å². The molecule has 3 rings (SSSR count). The number of carbonyl (C=O) groups excluding carboxylic acids is 1. The third kappa shape index (κ3) is 2.60. The molecule has 0 saturated carbocycles. The molecule has 0 aliphatic carbocycles. The number of rotatable bonds is 3. The number of halogens is 1. The number of Topliss-reactive ketones (excluding diaryl/α,β-unsaturated/α-hetero) is 1. The van der Waals surface area contributed by atoms with Gasteiger partial charge in [0.25, 0.3) is 0 Å². The molecule has 0 fully saturated rings. The average Bonchev–Trinajstić information content (AvgIpc) is 2.98. The summed E-state index contributed by atoms with van der Waals surface area (Å²) in [5, 5.41) is 4.24. The van der Waals surface area contributed by atoms with E-state index in [1.54, 1.807) is 23.1 Å². The minimum Gasteiger partial charge on any atom is -0.295 e. The van der Waals surface area contributed by atoms with E-state index in [2.05, 4.69) is 5.10 Å². The highest BCUT2D eigenvalue weighted by Crippen LogP contribution is 2.24. The Morgan fingerprint density at radius 1 is 1.14 bits per heavy atom. The van der Waals surface area contributed by atoms with E-state index in [9.17, 15) is 9.18 Å². The van der Waals surface area contributed by atoms with Gasteiger partial charge in [0.1, 0.15) is 5.82 Å². The summed E-state index contributed by atoms with van der Waals surface area (Å²) in [5.74, 6) is -0.459. The zero-order valence-corrected chi connectivity index (χ0v) is 11.5. The van der Waals surface area contributed by atoms with Gasteiger partial charge in [-0.2, -0.15) is 5.10 Å². The zero-order valence-electron chi connectivity index (χ0n) is 11.5. The van der Waals surface area contributed by atoms with Crippen molar-refractivity contribution in [1.82, 2.24) is 9.78 Å². The number of nitrogens with zero attached hydrogens (tertiary/aromatic N) is 2. The number of ketones is 1. The van der Waals surface area contributed by atoms with Gasteiger partial charge in [0, 0.05) is 22.9 Å². The van der Waals surface area contributed by atoms with Crippen molar-refractivity contribution in [3.05, 3.63) is 72.3 Å². The fourth-order valence-corrected chi connectivity index (χ4v) is 2.15. The van der Waals surface area contributed by atoms with E-state index < -0.39 is 0 Å². The predicted molar refractivity (Wildman–Crippen MR) is 79.0 cm³/mol. The van der Waals surface area contributed by atoms with Crippen LogP contribution in [-0.4, -0.2) is 15.6 Å². The molecule has 0 saturated heterocycles. The summed E-state index contributed by atoms with van der Waals surface area (Å²) in [4.78, 5) is 11.4. The van der Waals surface area contributed by atoms with Crippen LogP contribution < -0.4 is 0 Å². The molecule has 4 heteroatoms. The lowest BCUT2D eigenvalue weighted by molar-refractivity contribution is 0.101. The molecule has 21 heavy (non-hydrogen) atoms. The molecule has 1 heterocycles. The van der Waals surface area contributed by atoms with Gasteiger partial charge < -0.3 is 0 Å². The van der Waals surface area contributed by atoms with Crippen LogP contribution in [0.15, 0.2) is 60.9 Å². The summed E-state index contributed by atoms with van der Waals surface area (Å²) >= 11 is 0. The van der Waals surface area contributed by atoms with Crippen LogP contribution in [0, 0.1) is 5.82 Å². The molecule has 3 nitrogen and oxygen atoms in total. The minimum atomic E-state index is -0.368. The molecular formula is C17H13FN2O. The van der Waals surface area contributed by atoms with E-state index in [4.69, 9.17) is 0 Å². The van der Waals surface area contributed by atoms with E-state index in [0.717, 1.165) is 5.69 Å². The summed E-state index contributed by atoms with van der Waals surface area (Å²) < 4.78 is 15.7. The molecule has 0 bridgehead atoms. The van der Waals surface area contributed by atoms with Gasteiger partial charge in [-0.15, -0.1) is 0 Å². The summed E-state index contributed by atoms with van der Waals surface area (Å²) in [5.41, 5.74) is 2.40. The number of aromatic nitrogens is 2. The van der Waals surface area contributed by atoms with Gasteiger partial charge in [-0.3, -0.25) is 4.79 Å². The van der Waals surface area contributed by atoms with Crippen LogP contribution in [-0.2, 0) is 0 Å². The van der Waals surface area contributed by atoms with Gasteiger partial charge in [-0.05, 0) is 37.3 Å². The second kappa shape index (κ2) is 5.32. The fraction of sp³-hybridized carbons (Fsp3) is 0.0588. The normalized spacial score (nSPS) is 10.6. The van der Waals surface area contributed by atoms with Crippen LogP contribution >= 0.6 is 0 Å². The lowest BCUT2D eigenvalue weighted by Gasteiger charge is -2.03. The lowest BCUT2D eigenvalue weighted by Crippen LogP contribution is -1.94. The monoisotopic (exact) mass is 280 g/mol. The Hall–Kier alpha value is -2.75. The van der Waals surface area contributed by atoms with E-state index in [1.807, 2.05) is 30.3 Å². The number of carbonyl (C=O) groups is 1. The third-order valence-electron chi connectivity index (χ3n) is 3.29. The molecular weight excluding hydrogens is 267 g/mol. The number of para-hydroxylation sites is 1. The summed E-state index contributed by atoms with van der Waals surface area (Å²) in [6.07, 6.45) is 3.34. The second-order valence-electron chi connectivity index (χ2n) is 4.76. The Morgan fingerprint density at radius 3 is 2.62 bits per heavy atom. The smallest absolute Gasteiger partial charge is 0.159 e. The molecule has 0 unspecified atom stereocenters. The number of hydrogen-bond donors (Lipinski definition) is 0. The molecule has 0 spiro atoms. The standard InChI is InChI=1S/C17H13FN2O/c1-12(21)13-7-8-17(18)16(9-13)14-10-19-20(11-14)15-5-3-2-4-6-15/h2-11H,1H3. The Kier molecular flexibility index (Phi) is 3.36. The first-order valence-electron chi connectivity index (χ1n) is 6.56. The molecule has 0 radical (unpaired) electrons. The van der Waals surface area contributed by atoms with Crippen molar-refractivity contribution in [2.45, 2.75) is 6.92 Å². The molecule has 104 valence electrons. The number of benzene rings is 2. The second-order valence-corrected chi connectivity index (χ2v) is 4.76. The molecule has 3 aromatic rings. The SMILES string of the molecule is CC(=O)c1ccc(F)c(-c2cnn(-c3ccccc3)c2)c1. The Bertz CT molecular complexity index is 794. The first-order valence-corrected chi connectivity index (χ1v) is 6.56. The molecule has 2 aromatic carbocycles. The molecule has 1 aromatic heterocycles. The molecule has 0 aliphatic rings. The largest absolute Gasteiger partial charge is 0.295 e. The van der Waals surface area contributed by atoms with E-state index in [-0.39, 0.29) is 11.6 Å². The van der Waals surface area contributed by atoms with Crippen molar-refractivity contribution in [3.63, 3.8) is 0 Å². The maximum atomic E-state index is 14.0.